The molecule has 0 spiro atoms. The van der Waals surface area contributed by atoms with Crippen molar-refractivity contribution in [1.82, 2.24) is 10.2 Å². The highest BCUT2D eigenvalue weighted by Crippen LogP contribution is 2.18. The van der Waals surface area contributed by atoms with Crippen molar-refractivity contribution in [1.29, 1.82) is 0 Å². The molecule has 2 amide bonds. The average Bonchev–Trinajstić information content (AvgIpc) is 2.74. The van der Waals surface area contributed by atoms with Crippen LogP contribution in [-0.4, -0.2) is 35.9 Å². The summed E-state index contributed by atoms with van der Waals surface area (Å²) in [6.45, 7) is 5.05. The van der Waals surface area contributed by atoms with Gasteiger partial charge in [-0.05, 0) is 61.7 Å². The largest absolute Gasteiger partial charge is 0.494 e. The van der Waals surface area contributed by atoms with Crippen LogP contribution < -0.4 is 10.1 Å². The van der Waals surface area contributed by atoms with E-state index in [0.717, 1.165) is 5.56 Å². The number of hydrogen-bond acceptors (Lipinski definition) is 3. The third kappa shape index (κ3) is 7.54. The van der Waals surface area contributed by atoms with Crippen LogP contribution in [0.4, 0.5) is 0 Å². The Morgan fingerprint density at radius 1 is 1.00 bits per heavy atom. The van der Waals surface area contributed by atoms with Crippen molar-refractivity contribution in [3.05, 3.63) is 64.1 Å². The van der Waals surface area contributed by atoms with Crippen LogP contribution in [0.5, 0.6) is 5.75 Å². The van der Waals surface area contributed by atoms with E-state index >= 15 is 0 Å². The zero-order valence-electron chi connectivity index (χ0n) is 17.4. The highest BCUT2D eigenvalue weighted by atomic mass is 35.5. The average molecular weight is 451 g/mol. The fourth-order valence-corrected chi connectivity index (χ4v) is 3.34. The number of halogens is 2. The molecule has 1 atom stereocenters. The molecular formula is C23H28Cl2N2O3. The van der Waals surface area contributed by atoms with Crippen molar-refractivity contribution in [2.75, 3.05) is 13.2 Å². The SMILES string of the molecule is CCNC(=O)[C@@H](CC)N(Cc1ccc(Cl)cc1)C(=O)CCCOc1ccc(Cl)cc1. The number of rotatable bonds is 11. The molecule has 2 aromatic rings. The first-order valence-corrected chi connectivity index (χ1v) is 10.9. The molecule has 0 aliphatic rings. The summed E-state index contributed by atoms with van der Waals surface area (Å²) in [5, 5.41) is 4.11. The van der Waals surface area contributed by atoms with Crippen molar-refractivity contribution in [3.8, 4) is 5.75 Å². The minimum atomic E-state index is -0.523. The van der Waals surface area contributed by atoms with E-state index in [-0.39, 0.29) is 18.2 Å². The van der Waals surface area contributed by atoms with Gasteiger partial charge in [0.2, 0.25) is 11.8 Å². The van der Waals surface area contributed by atoms with E-state index in [9.17, 15) is 9.59 Å². The second-order valence-electron chi connectivity index (χ2n) is 6.87. The Morgan fingerprint density at radius 2 is 1.60 bits per heavy atom. The minimum absolute atomic E-state index is 0.0808. The van der Waals surface area contributed by atoms with Crippen molar-refractivity contribution in [2.45, 2.75) is 45.7 Å². The molecule has 0 unspecified atom stereocenters. The van der Waals surface area contributed by atoms with Crippen molar-refractivity contribution in [3.63, 3.8) is 0 Å². The van der Waals surface area contributed by atoms with Crippen LogP contribution in [-0.2, 0) is 16.1 Å². The first kappa shape index (κ1) is 24.0. The van der Waals surface area contributed by atoms with Crippen molar-refractivity contribution < 1.29 is 14.3 Å². The van der Waals surface area contributed by atoms with Gasteiger partial charge in [0.25, 0.3) is 0 Å². The molecule has 0 bridgehead atoms. The predicted molar refractivity (Wildman–Crippen MR) is 121 cm³/mol. The van der Waals surface area contributed by atoms with Crippen LogP contribution in [0.2, 0.25) is 10.0 Å². The fourth-order valence-electron chi connectivity index (χ4n) is 3.09. The second-order valence-corrected chi connectivity index (χ2v) is 7.75. The molecule has 2 rings (SSSR count). The van der Waals surface area contributed by atoms with Gasteiger partial charge in [0.15, 0.2) is 0 Å². The maximum Gasteiger partial charge on any atom is 0.242 e. The van der Waals surface area contributed by atoms with Gasteiger partial charge in [-0.3, -0.25) is 9.59 Å². The third-order valence-electron chi connectivity index (χ3n) is 4.62. The molecule has 0 saturated heterocycles. The Bertz CT molecular complexity index is 810. The summed E-state index contributed by atoms with van der Waals surface area (Å²) in [7, 11) is 0. The lowest BCUT2D eigenvalue weighted by atomic mass is 10.1. The lowest BCUT2D eigenvalue weighted by Crippen LogP contribution is -2.49. The molecule has 0 saturated carbocycles. The van der Waals surface area contributed by atoms with E-state index in [2.05, 4.69) is 5.32 Å². The molecule has 162 valence electrons. The molecule has 30 heavy (non-hydrogen) atoms. The number of carbonyl (C=O) groups excluding carboxylic acids is 2. The monoisotopic (exact) mass is 450 g/mol. The molecule has 0 fully saturated rings. The maximum atomic E-state index is 13.0. The summed E-state index contributed by atoms with van der Waals surface area (Å²) < 4.78 is 5.67. The zero-order chi connectivity index (χ0) is 21.9. The van der Waals surface area contributed by atoms with Crippen LogP contribution in [0.3, 0.4) is 0 Å². The summed E-state index contributed by atoms with van der Waals surface area (Å²) in [6.07, 6.45) is 1.37. The Hall–Kier alpha value is -2.24. The third-order valence-corrected chi connectivity index (χ3v) is 5.12. The van der Waals surface area contributed by atoms with E-state index in [1.54, 1.807) is 41.3 Å². The van der Waals surface area contributed by atoms with Gasteiger partial charge in [-0.2, -0.15) is 0 Å². The van der Waals surface area contributed by atoms with E-state index in [1.165, 1.54) is 0 Å². The number of carbonyl (C=O) groups is 2. The summed E-state index contributed by atoms with van der Waals surface area (Å²) in [5.74, 6) is 0.487. The molecule has 0 radical (unpaired) electrons. The topological polar surface area (TPSA) is 58.6 Å². The fraction of sp³-hybridized carbons (Fsp3) is 0.391. The van der Waals surface area contributed by atoms with E-state index < -0.39 is 6.04 Å². The zero-order valence-corrected chi connectivity index (χ0v) is 18.9. The molecule has 1 N–H and O–H groups in total. The van der Waals surface area contributed by atoms with Gasteiger partial charge >= 0.3 is 0 Å². The molecule has 0 aliphatic carbocycles. The molecular weight excluding hydrogens is 423 g/mol. The van der Waals surface area contributed by atoms with Crippen molar-refractivity contribution in [2.24, 2.45) is 0 Å². The molecule has 7 heteroatoms. The van der Waals surface area contributed by atoms with Crippen molar-refractivity contribution >= 4 is 35.0 Å². The normalized spacial score (nSPS) is 11.6. The van der Waals surface area contributed by atoms with Crippen LogP contribution in [0.1, 0.15) is 38.7 Å². The van der Waals surface area contributed by atoms with Gasteiger partial charge in [0.05, 0.1) is 6.61 Å². The molecule has 5 nitrogen and oxygen atoms in total. The number of ether oxygens (including phenoxy) is 1. The van der Waals surface area contributed by atoms with Crippen LogP contribution >= 0.6 is 23.2 Å². The van der Waals surface area contributed by atoms with Crippen LogP contribution in [0.25, 0.3) is 0 Å². The number of benzene rings is 2. The maximum absolute atomic E-state index is 13.0. The van der Waals surface area contributed by atoms with E-state index in [0.29, 0.717) is 48.3 Å². The van der Waals surface area contributed by atoms with E-state index in [1.807, 2.05) is 26.0 Å². The van der Waals surface area contributed by atoms with Crippen LogP contribution in [0.15, 0.2) is 48.5 Å². The van der Waals surface area contributed by atoms with Gasteiger partial charge < -0.3 is 15.0 Å². The summed E-state index contributed by atoms with van der Waals surface area (Å²) in [6, 6.07) is 13.9. The number of hydrogen-bond donors (Lipinski definition) is 1. The standard InChI is InChI=1S/C23H28Cl2N2O3/c1-3-21(23(29)26-4-2)27(16-17-7-9-18(24)10-8-17)22(28)6-5-15-30-20-13-11-19(25)12-14-20/h7-14,21H,3-6,15-16H2,1-2H3,(H,26,29)/t21-/m1/s1. The number of likely N-dealkylation sites (N-methyl/N-ethyl adjacent to an activating group) is 1. The summed E-state index contributed by atoms with van der Waals surface area (Å²) >= 11 is 11.8. The Morgan fingerprint density at radius 3 is 2.17 bits per heavy atom. The second kappa shape index (κ2) is 12.5. The predicted octanol–water partition coefficient (Wildman–Crippen LogP) is 5.10. The van der Waals surface area contributed by atoms with Crippen LogP contribution in [0, 0.1) is 0 Å². The number of nitrogens with one attached hydrogen (secondary N) is 1. The van der Waals surface area contributed by atoms with Gasteiger partial charge in [0.1, 0.15) is 11.8 Å². The van der Waals surface area contributed by atoms with Gasteiger partial charge in [0, 0.05) is 29.6 Å². The number of amides is 2. The Balaban J connectivity index is 2.01. The van der Waals surface area contributed by atoms with Gasteiger partial charge in [-0.1, -0.05) is 42.3 Å². The Kier molecular flexibility index (Phi) is 9.98. The summed E-state index contributed by atoms with van der Waals surface area (Å²) in [4.78, 5) is 27.2. The molecule has 0 aliphatic heterocycles. The molecule has 2 aromatic carbocycles. The molecule has 0 aromatic heterocycles. The first-order chi connectivity index (χ1) is 14.4. The number of nitrogens with zero attached hydrogens (tertiary/aromatic N) is 1. The minimum Gasteiger partial charge on any atom is -0.494 e. The quantitative estimate of drug-likeness (QED) is 0.484. The van der Waals surface area contributed by atoms with Gasteiger partial charge in [-0.25, -0.2) is 0 Å². The molecule has 0 heterocycles. The first-order valence-electron chi connectivity index (χ1n) is 10.1. The Labute approximate surface area is 188 Å². The van der Waals surface area contributed by atoms with E-state index in [4.69, 9.17) is 27.9 Å². The lowest BCUT2D eigenvalue weighted by Gasteiger charge is -2.30. The van der Waals surface area contributed by atoms with Gasteiger partial charge in [-0.15, -0.1) is 0 Å². The highest BCUT2D eigenvalue weighted by Gasteiger charge is 2.27. The lowest BCUT2D eigenvalue weighted by molar-refractivity contribution is -0.141. The summed E-state index contributed by atoms with van der Waals surface area (Å²) in [5.41, 5.74) is 0.924. The smallest absolute Gasteiger partial charge is 0.242 e. The highest BCUT2D eigenvalue weighted by molar-refractivity contribution is 6.30.